The number of esters is 4. The summed E-state index contributed by atoms with van der Waals surface area (Å²) in [6.07, 6.45) is 86.0. The smallest absolute Gasteiger partial charge is 0.305 e. The van der Waals surface area contributed by atoms with Crippen molar-refractivity contribution in [2.75, 3.05) is 119 Å². The molecule has 0 aliphatic carbocycles. The molecule has 0 spiro atoms. The number of amides is 2. The maximum Gasteiger partial charge on any atom is 0.305 e. The van der Waals surface area contributed by atoms with Crippen LogP contribution in [0.3, 0.4) is 0 Å². The summed E-state index contributed by atoms with van der Waals surface area (Å²) in [5, 5.41) is 17.8. The number of aliphatic hydroxyl groups is 2. The lowest BCUT2D eigenvalue weighted by molar-refractivity contribution is -0.890. The first-order chi connectivity index (χ1) is 55.1. The molecule has 2 amide bonds. The van der Waals surface area contributed by atoms with E-state index in [9.17, 15) is 33.9 Å². The van der Waals surface area contributed by atoms with Crippen LogP contribution in [0.1, 0.15) is 413 Å². The second-order valence-electron chi connectivity index (χ2n) is 32.5. The molecule has 0 atom stereocenters. The van der Waals surface area contributed by atoms with Crippen molar-refractivity contribution in [1.82, 2.24) is 14.7 Å². The van der Waals surface area contributed by atoms with Gasteiger partial charge in [-0.15, -0.1) is 0 Å². The Morgan fingerprint density at radius 2 is 0.500 bits per heavy atom. The molecule has 114 heavy (non-hydrogen) atoms. The number of allylic oxidation sites excluding steroid dienone is 8. The van der Waals surface area contributed by atoms with Gasteiger partial charge in [0.15, 0.2) is 0 Å². The van der Waals surface area contributed by atoms with Crippen LogP contribution in [0, 0.1) is 0 Å². The van der Waals surface area contributed by atoms with Gasteiger partial charge in [-0.05, 0) is 155 Å². The second-order valence-corrected chi connectivity index (χ2v) is 33.3. The molecule has 0 rings (SSSR count). The number of ether oxygens (including phenoxy) is 4. The maximum atomic E-state index is 13.2. The third kappa shape index (κ3) is 95.7. The highest BCUT2D eigenvalue weighted by Crippen LogP contribution is 2.17. The zero-order chi connectivity index (χ0) is 83.5. The summed E-state index contributed by atoms with van der Waals surface area (Å²) in [4.78, 5) is 81.1. The summed E-state index contributed by atoms with van der Waals surface area (Å²) in [6, 6.07) is 0. The van der Waals surface area contributed by atoms with E-state index >= 15 is 0 Å². The van der Waals surface area contributed by atoms with Crippen molar-refractivity contribution < 1.29 is 79.4 Å². The lowest BCUT2D eigenvalue weighted by Crippen LogP contribution is -3.00. The standard InChI is InChI=1S/C48H91N2O6.C46H86N2O5.C2H5BrO.BrH/c1-5-7-9-11-13-15-17-19-21-23-25-27-29-31-33-37-47(53)55-44-39-49(46(52)36-35-41-50(3,4)42-43-51)40-45-56-48(54)38-34-32-30-28-26-24-22-20-18-16-14-12-10-8-6-2;1-5-7-9-11-13-15-17-19-21-23-25-27-29-31-33-37-45(50)52-42-40-48(44(49)36-35-39-47(3)4)41-43-53-46(51)38-34-32-30-28-26-24-22-20-18-16-14-12-10-8-6-2;3-1-2-4;/h19-22,51H,5-18,23-45H2,1-4H3;19-22H,5-18,23-43H2,1-4H3;4H,1-2H2;1H/q+1;;;/p-1/b2*21-19-,22-20-;;. The van der Waals surface area contributed by atoms with Gasteiger partial charge in [0.25, 0.3) is 0 Å². The molecule has 672 valence electrons. The molecule has 0 unspecified atom stereocenters. The Balaban J connectivity index is -0.00000101. The summed E-state index contributed by atoms with van der Waals surface area (Å²) >= 11 is 3.00. The van der Waals surface area contributed by atoms with E-state index in [1.807, 2.05) is 28.2 Å². The molecule has 0 saturated heterocycles. The minimum absolute atomic E-state index is 0. The van der Waals surface area contributed by atoms with Crippen LogP contribution in [0.25, 0.3) is 0 Å². The first kappa shape index (κ1) is 117. The number of likely N-dealkylation sites (N-methyl/N-ethyl adjacent to an activating group) is 1. The molecule has 0 aromatic rings. The highest BCUT2D eigenvalue weighted by molar-refractivity contribution is 9.09. The van der Waals surface area contributed by atoms with E-state index in [1.165, 1.54) is 231 Å². The number of halogens is 2. The molecule has 0 heterocycles. The third-order valence-electron chi connectivity index (χ3n) is 20.7. The zero-order valence-electron chi connectivity index (χ0n) is 75.5. The molecule has 0 aliphatic rings. The molecule has 0 saturated carbocycles. The quantitative estimate of drug-likeness (QED) is 0.0146. The fraction of sp³-hybridized carbons (Fsp3) is 0.854. The van der Waals surface area contributed by atoms with Gasteiger partial charge in [-0.2, -0.15) is 0 Å². The largest absolute Gasteiger partial charge is 1.00 e. The number of carbonyl (C=O) groups is 6. The van der Waals surface area contributed by atoms with Crippen LogP contribution in [0.4, 0.5) is 0 Å². The van der Waals surface area contributed by atoms with Gasteiger partial charge in [-0.3, -0.25) is 28.8 Å². The fourth-order valence-corrected chi connectivity index (χ4v) is 13.4. The van der Waals surface area contributed by atoms with Crippen molar-refractivity contribution in [1.29, 1.82) is 0 Å². The van der Waals surface area contributed by atoms with Crippen LogP contribution in [-0.4, -0.2) is 184 Å². The molecule has 0 radical (unpaired) electrons. The second kappa shape index (κ2) is 96.7. The normalized spacial score (nSPS) is 11.5. The van der Waals surface area contributed by atoms with Crippen molar-refractivity contribution in [2.45, 2.75) is 413 Å². The summed E-state index contributed by atoms with van der Waals surface area (Å²) in [5.74, 6) is -0.860. The Morgan fingerprint density at radius 1 is 0.289 bits per heavy atom. The molecular formula is C96H182Br2N4O12. The number of aliphatic hydroxyl groups excluding tert-OH is 2. The molecule has 0 aromatic carbocycles. The summed E-state index contributed by atoms with van der Waals surface area (Å²) in [7, 11) is 8.08. The number of unbranched alkanes of at least 4 members (excludes halogenated alkanes) is 44. The van der Waals surface area contributed by atoms with Gasteiger partial charge in [-0.25, -0.2) is 0 Å². The van der Waals surface area contributed by atoms with Gasteiger partial charge >= 0.3 is 23.9 Å². The topological polar surface area (TPSA) is 190 Å². The Labute approximate surface area is 721 Å². The number of quaternary nitrogens is 1. The average molecular weight is 1740 g/mol. The predicted octanol–water partition coefficient (Wildman–Crippen LogP) is 21.5. The van der Waals surface area contributed by atoms with Gasteiger partial charge in [0.2, 0.25) is 11.8 Å². The van der Waals surface area contributed by atoms with Crippen molar-refractivity contribution in [3.8, 4) is 0 Å². The maximum absolute atomic E-state index is 13.2. The predicted molar refractivity (Wildman–Crippen MR) is 482 cm³/mol. The van der Waals surface area contributed by atoms with Crippen LogP contribution in [0.2, 0.25) is 0 Å². The molecule has 0 fully saturated rings. The number of nitrogens with zero attached hydrogens (tertiary/aromatic N) is 4. The number of alkyl halides is 1. The van der Waals surface area contributed by atoms with Gasteiger partial charge in [0.1, 0.15) is 33.0 Å². The number of hydrogen-bond acceptors (Lipinski definition) is 13. The molecule has 18 heteroatoms. The number of hydrogen-bond donors (Lipinski definition) is 2. The van der Waals surface area contributed by atoms with Crippen molar-refractivity contribution in [3.63, 3.8) is 0 Å². The summed E-state index contributed by atoms with van der Waals surface area (Å²) in [5.41, 5.74) is 0. The van der Waals surface area contributed by atoms with E-state index in [1.54, 1.807) is 9.80 Å². The lowest BCUT2D eigenvalue weighted by Gasteiger charge is -2.29. The molecule has 2 N–H and O–H groups in total. The van der Waals surface area contributed by atoms with E-state index in [4.69, 9.17) is 24.1 Å². The van der Waals surface area contributed by atoms with E-state index in [0.717, 1.165) is 122 Å². The van der Waals surface area contributed by atoms with E-state index < -0.39 is 0 Å². The van der Waals surface area contributed by atoms with Crippen molar-refractivity contribution >= 4 is 51.6 Å². The highest BCUT2D eigenvalue weighted by atomic mass is 79.9. The monoisotopic (exact) mass is 1740 g/mol. The molecule has 0 aliphatic heterocycles. The van der Waals surface area contributed by atoms with E-state index in [-0.39, 0.29) is 105 Å². The lowest BCUT2D eigenvalue weighted by atomic mass is 10.1. The van der Waals surface area contributed by atoms with Crippen LogP contribution < -0.4 is 17.0 Å². The van der Waals surface area contributed by atoms with E-state index in [0.29, 0.717) is 74.4 Å². The first-order valence-corrected chi connectivity index (χ1v) is 48.2. The summed E-state index contributed by atoms with van der Waals surface area (Å²) < 4.78 is 22.6. The van der Waals surface area contributed by atoms with Crippen LogP contribution in [-0.2, 0) is 47.7 Å². The Hall–Kier alpha value is -3.42. The third-order valence-corrected chi connectivity index (χ3v) is 21.1. The Bertz CT molecular complexity index is 2080. The molecular weight excluding hydrogens is 1560 g/mol. The van der Waals surface area contributed by atoms with Gasteiger partial charge in [0.05, 0.1) is 60.0 Å². The fourth-order valence-electron chi connectivity index (χ4n) is 13.4. The van der Waals surface area contributed by atoms with Crippen molar-refractivity contribution in [2.24, 2.45) is 0 Å². The SMILES string of the molecule is CCCCCCCC/C=C\CCCCCCCC(=O)OCCN(CCOC(=O)CCCCCCC/C=C\CCCCCCCC)C(=O)CCCN(C)C.CCCCCCCC/C=C\CCCCCCCC(=O)OCCN(CCOC(=O)CCCCCCC/C=C\CCCCCCCC)C(=O)CCC[N+](C)(C)CCO.OCCBr.[Br-]. The van der Waals surface area contributed by atoms with Crippen LogP contribution >= 0.6 is 15.9 Å². The minimum Gasteiger partial charge on any atom is -1.00 e. The van der Waals surface area contributed by atoms with Gasteiger partial charge in [-0.1, -0.05) is 298 Å². The number of carbonyl (C=O) groups excluding carboxylic acids is 6. The molecule has 16 nitrogen and oxygen atoms in total. The van der Waals surface area contributed by atoms with Crippen LogP contribution in [0.15, 0.2) is 48.6 Å². The van der Waals surface area contributed by atoms with Crippen LogP contribution in [0.5, 0.6) is 0 Å². The van der Waals surface area contributed by atoms with Crippen molar-refractivity contribution in [3.05, 3.63) is 48.6 Å². The molecule has 0 bridgehead atoms. The number of rotatable bonds is 83. The zero-order valence-corrected chi connectivity index (χ0v) is 78.6. The first-order valence-electron chi connectivity index (χ1n) is 47.1. The Kier molecular flexibility index (Phi) is 99.2. The highest BCUT2D eigenvalue weighted by Gasteiger charge is 2.20. The molecule has 0 aromatic heterocycles. The summed E-state index contributed by atoms with van der Waals surface area (Å²) in [6.45, 7) is 13.5. The van der Waals surface area contributed by atoms with Gasteiger partial charge < -0.3 is 65.3 Å². The Morgan fingerprint density at radius 3 is 0.711 bits per heavy atom. The minimum atomic E-state index is -0.218. The van der Waals surface area contributed by atoms with Gasteiger partial charge in [0, 0.05) is 50.3 Å². The van der Waals surface area contributed by atoms with E-state index in [2.05, 4.69) is 97.1 Å². The average Bonchev–Trinajstić information content (AvgIpc) is 0.935.